The lowest BCUT2D eigenvalue weighted by molar-refractivity contribution is 0.194. The molecule has 0 aromatic carbocycles. The Balaban J connectivity index is 1.52. The van der Waals surface area contributed by atoms with Crippen LogP contribution in [0, 0.1) is 5.92 Å². The first-order chi connectivity index (χ1) is 13.0. The van der Waals surface area contributed by atoms with Crippen LogP contribution in [-0.4, -0.2) is 68.4 Å². The average molecular weight is 410 g/mol. The molecule has 0 saturated carbocycles. The van der Waals surface area contributed by atoms with E-state index in [1.807, 2.05) is 4.90 Å². The average Bonchev–Trinajstić information content (AvgIpc) is 3.27. The number of hydrogen-bond donors (Lipinski definition) is 2. The summed E-state index contributed by atoms with van der Waals surface area (Å²) in [5.74, 6) is 0.798. The molecule has 3 aromatic heterocycles. The second-order valence-corrected chi connectivity index (χ2v) is 7.87. The summed E-state index contributed by atoms with van der Waals surface area (Å²) in [5.41, 5.74) is 1.87. The van der Waals surface area contributed by atoms with Crippen LogP contribution in [0.15, 0.2) is 18.7 Å². The van der Waals surface area contributed by atoms with Crippen molar-refractivity contribution in [1.82, 2.24) is 34.7 Å². The predicted molar refractivity (Wildman–Crippen MR) is 99.9 cm³/mol. The molecule has 10 nitrogen and oxygen atoms in total. The molecule has 0 bridgehead atoms. The second-order valence-electron chi connectivity index (χ2n) is 6.62. The zero-order valence-corrected chi connectivity index (χ0v) is 16.1. The summed E-state index contributed by atoms with van der Waals surface area (Å²) in [4.78, 5) is 10.8. The van der Waals surface area contributed by atoms with Gasteiger partial charge in [0.2, 0.25) is 5.95 Å². The summed E-state index contributed by atoms with van der Waals surface area (Å²) in [6, 6.07) is 0.152. The van der Waals surface area contributed by atoms with Crippen LogP contribution in [0.25, 0.3) is 16.9 Å². The second kappa shape index (κ2) is 7.50. The molecule has 12 heteroatoms. The molecule has 144 valence electrons. The van der Waals surface area contributed by atoms with Crippen LogP contribution in [0.3, 0.4) is 0 Å². The number of piperidine rings is 1. The Kier molecular flexibility index (Phi) is 5.08. The number of likely N-dealkylation sites (tertiary alicyclic amines) is 1. The van der Waals surface area contributed by atoms with Gasteiger partial charge in [-0.3, -0.25) is 14.2 Å². The smallest absolute Gasteiger partial charge is 0.243 e. The van der Waals surface area contributed by atoms with Gasteiger partial charge in [0.25, 0.3) is 0 Å². The lowest BCUT2D eigenvalue weighted by atomic mass is 9.94. The first-order valence-electron chi connectivity index (χ1n) is 8.46. The Bertz CT molecular complexity index is 962. The van der Waals surface area contributed by atoms with E-state index < -0.39 is 11.1 Å². The lowest BCUT2D eigenvalue weighted by Crippen LogP contribution is -2.46. The number of nitrogens with zero attached hydrogens (tertiary/aromatic N) is 6. The third-order valence-electron chi connectivity index (χ3n) is 4.70. The molecule has 3 aromatic rings. The van der Waals surface area contributed by atoms with E-state index in [-0.39, 0.29) is 17.8 Å². The summed E-state index contributed by atoms with van der Waals surface area (Å²) in [6.45, 7) is 3.49. The first-order valence-corrected chi connectivity index (χ1v) is 10.1. The maximum atomic E-state index is 10.9. The number of hydrogen-bond acceptors (Lipinski definition) is 8. The third-order valence-corrected chi connectivity index (χ3v) is 5.62. The van der Waals surface area contributed by atoms with Crippen molar-refractivity contribution in [3.63, 3.8) is 0 Å². The monoisotopic (exact) mass is 409 g/mol. The van der Waals surface area contributed by atoms with E-state index in [0.29, 0.717) is 35.4 Å². The Morgan fingerprint density at radius 2 is 2.37 bits per heavy atom. The van der Waals surface area contributed by atoms with Crippen LogP contribution in [0.2, 0.25) is 5.02 Å². The van der Waals surface area contributed by atoms with Gasteiger partial charge in [0.1, 0.15) is 11.3 Å². The van der Waals surface area contributed by atoms with Crippen LogP contribution < -0.4 is 5.32 Å². The van der Waals surface area contributed by atoms with Gasteiger partial charge in [0.05, 0.1) is 17.8 Å². The van der Waals surface area contributed by atoms with Crippen LogP contribution in [-0.2, 0) is 11.1 Å². The fourth-order valence-corrected chi connectivity index (χ4v) is 4.17. The molecule has 1 aliphatic heterocycles. The number of aromatic amines is 1. The van der Waals surface area contributed by atoms with Crippen molar-refractivity contribution >= 4 is 34.3 Å². The van der Waals surface area contributed by atoms with Crippen LogP contribution in [0.1, 0.15) is 13.3 Å². The van der Waals surface area contributed by atoms with Crippen molar-refractivity contribution < 1.29 is 8.76 Å². The van der Waals surface area contributed by atoms with Crippen molar-refractivity contribution in [2.45, 2.75) is 19.4 Å². The van der Waals surface area contributed by atoms with E-state index >= 15 is 0 Å². The molecule has 3 unspecified atom stereocenters. The number of fused-ring (bicyclic) bond motifs is 1. The van der Waals surface area contributed by atoms with Crippen LogP contribution in [0.5, 0.6) is 0 Å². The fraction of sp³-hybridized carbons (Fsp3) is 0.467. The summed E-state index contributed by atoms with van der Waals surface area (Å²) >= 11 is 4.41. The van der Waals surface area contributed by atoms with E-state index in [1.54, 1.807) is 18.7 Å². The van der Waals surface area contributed by atoms with E-state index in [0.717, 1.165) is 12.0 Å². The van der Waals surface area contributed by atoms with E-state index in [4.69, 9.17) is 11.6 Å². The summed E-state index contributed by atoms with van der Waals surface area (Å²) in [7, 11) is 0. The number of aromatic nitrogens is 6. The molecule has 0 radical (unpaired) electrons. The van der Waals surface area contributed by atoms with Gasteiger partial charge in [-0.15, -0.1) is 5.10 Å². The van der Waals surface area contributed by atoms with Crippen molar-refractivity contribution in [3.8, 4) is 11.3 Å². The molecule has 1 saturated heterocycles. The van der Waals surface area contributed by atoms with Gasteiger partial charge in [-0.2, -0.15) is 14.6 Å². The van der Waals surface area contributed by atoms with Gasteiger partial charge in [-0.1, -0.05) is 18.5 Å². The molecule has 0 aliphatic carbocycles. The first kappa shape index (κ1) is 18.3. The van der Waals surface area contributed by atoms with Gasteiger partial charge < -0.3 is 9.87 Å². The molecule has 2 N–H and O–H groups in total. The van der Waals surface area contributed by atoms with Crippen LogP contribution >= 0.6 is 11.6 Å². The molecular formula is C15H18ClN8O2S-. The molecule has 4 heterocycles. The van der Waals surface area contributed by atoms with E-state index in [2.05, 4.69) is 37.5 Å². The minimum atomic E-state index is -2.06. The fourth-order valence-electron chi connectivity index (χ4n) is 3.35. The molecule has 27 heavy (non-hydrogen) atoms. The highest BCUT2D eigenvalue weighted by molar-refractivity contribution is 7.79. The Morgan fingerprint density at radius 3 is 3.07 bits per heavy atom. The molecule has 1 aliphatic rings. The zero-order chi connectivity index (χ0) is 19.0. The number of halogens is 1. The maximum Gasteiger partial charge on any atom is 0.243 e. The van der Waals surface area contributed by atoms with Crippen molar-refractivity contribution in [2.24, 2.45) is 5.92 Å². The van der Waals surface area contributed by atoms with Crippen LogP contribution in [0.4, 0.5) is 5.95 Å². The van der Waals surface area contributed by atoms with Gasteiger partial charge >= 0.3 is 0 Å². The predicted octanol–water partition coefficient (Wildman–Crippen LogP) is 1.13. The topological polar surface area (TPSA) is 127 Å². The maximum absolute atomic E-state index is 10.9. The summed E-state index contributed by atoms with van der Waals surface area (Å²) in [5, 5.41) is 14.8. The normalized spacial score (nSPS) is 22.2. The minimum absolute atomic E-state index is 0.0712. The van der Waals surface area contributed by atoms with E-state index in [9.17, 15) is 8.76 Å². The highest BCUT2D eigenvalue weighted by Gasteiger charge is 2.27. The van der Waals surface area contributed by atoms with E-state index in [1.165, 1.54) is 4.52 Å². The molecule has 3 atom stereocenters. The number of rotatable bonds is 5. The lowest BCUT2D eigenvalue weighted by Gasteiger charge is -2.37. The van der Waals surface area contributed by atoms with Crippen molar-refractivity contribution in [1.29, 1.82) is 0 Å². The summed E-state index contributed by atoms with van der Waals surface area (Å²) < 4.78 is 23.3. The van der Waals surface area contributed by atoms with Gasteiger partial charge in [0.15, 0.2) is 5.65 Å². The summed E-state index contributed by atoms with van der Waals surface area (Å²) in [6.07, 6.45) is 5.73. The third kappa shape index (κ3) is 3.81. The van der Waals surface area contributed by atoms with Gasteiger partial charge in [0, 0.05) is 30.9 Å². The molecule has 1 fully saturated rings. The Morgan fingerprint density at radius 1 is 1.52 bits per heavy atom. The molecule has 4 rings (SSSR count). The highest BCUT2D eigenvalue weighted by Crippen LogP contribution is 2.28. The number of nitrogens with one attached hydrogen (secondary N) is 2. The van der Waals surface area contributed by atoms with Gasteiger partial charge in [-0.25, -0.2) is 4.98 Å². The SMILES string of the molecule is CC1CN(CS(=O)[O-])CCC1Nc1nc2c(Cl)c(-c3cn[nH]c3)ncn2n1. The van der Waals surface area contributed by atoms with Crippen molar-refractivity contribution in [3.05, 3.63) is 23.7 Å². The minimum Gasteiger partial charge on any atom is -0.771 e. The van der Waals surface area contributed by atoms with Crippen molar-refractivity contribution in [2.75, 3.05) is 24.3 Å². The molecule has 0 spiro atoms. The highest BCUT2D eigenvalue weighted by atomic mass is 35.5. The quantitative estimate of drug-likeness (QED) is 0.600. The number of H-pyrrole nitrogens is 1. The Labute approximate surface area is 162 Å². The molecule has 0 amide bonds. The van der Waals surface area contributed by atoms with Gasteiger partial charge in [-0.05, 0) is 23.4 Å². The number of anilines is 1. The molecular weight excluding hydrogens is 392 g/mol. The zero-order valence-electron chi connectivity index (χ0n) is 14.5. The standard InChI is InChI=1S/C15H19ClN8O2S/c1-9-6-23(8-27(25)26)3-2-11(9)20-15-21-14-12(16)13(10-4-18-19-5-10)17-7-24(14)22-15/h4-5,7,9,11H,2-3,6,8H2,1H3,(H,18,19)(H,20,22)(H,25,26)/p-1. The largest absolute Gasteiger partial charge is 0.771 e. The Hall–Kier alpha value is -2.08.